The molecule has 1 aromatic carbocycles. The molecule has 0 radical (unpaired) electrons. The quantitative estimate of drug-likeness (QED) is 0.841. The van der Waals surface area contributed by atoms with E-state index in [-0.39, 0.29) is 12.5 Å². The Balaban J connectivity index is 2.34. The summed E-state index contributed by atoms with van der Waals surface area (Å²) in [5.74, 6) is -1.21. The van der Waals surface area contributed by atoms with Crippen LogP contribution in [0.2, 0.25) is 5.02 Å². The highest BCUT2D eigenvalue weighted by molar-refractivity contribution is 6.30. The van der Waals surface area contributed by atoms with Gasteiger partial charge >= 0.3 is 0 Å². The summed E-state index contributed by atoms with van der Waals surface area (Å²) < 4.78 is 0. The Morgan fingerprint density at radius 1 is 1.45 bits per heavy atom. The molecule has 5 nitrogen and oxygen atoms in total. The van der Waals surface area contributed by atoms with E-state index in [4.69, 9.17) is 11.6 Å². The topological polar surface area (TPSA) is 66.5 Å². The molecule has 3 amide bonds. The number of rotatable bonds is 2. The van der Waals surface area contributed by atoms with Gasteiger partial charge in [0.25, 0.3) is 5.91 Å². The lowest BCUT2D eigenvalue weighted by Crippen LogP contribution is -2.59. The predicted octanol–water partition coefficient (Wildman–Crippen LogP) is 1.53. The Hall–Kier alpha value is -1.88. The Kier molecular flexibility index (Phi) is 4.09. The van der Waals surface area contributed by atoms with Crippen LogP contribution < -0.4 is 5.32 Å². The molecule has 1 atom stereocenters. The molecule has 0 bridgehead atoms. The van der Waals surface area contributed by atoms with Crippen LogP contribution in [0, 0.1) is 6.92 Å². The van der Waals surface area contributed by atoms with Crippen molar-refractivity contribution in [2.45, 2.75) is 26.3 Å². The lowest BCUT2D eigenvalue weighted by Gasteiger charge is -2.33. The second-order valence-electron chi connectivity index (χ2n) is 4.73. The predicted molar refractivity (Wildman–Crippen MR) is 74.5 cm³/mol. The number of amides is 3. The molecule has 20 heavy (non-hydrogen) atoms. The summed E-state index contributed by atoms with van der Waals surface area (Å²) in [6, 6.07) is 4.30. The number of hydrogen-bond acceptors (Lipinski definition) is 3. The summed E-state index contributed by atoms with van der Waals surface area (Å²) in [4.78, 5) is 37.1. The molecule has 6 heteroatoms. The number of carbonyl (C=O) groups is 3. The molecular formula is C14H15ClN2O3. The van der Waals surface area contributed by atoms with Crippen molar-refractivity contribution in [3.05, 3.63) is 34.3 Å². The first-order valence-electron chi connectivity index (χ1n) is 6.35. The van der Waals surface area contributed by atoms with E-state index in [9.17, 15) is 14.4 Å². The average Bonchev–Trinajstić information content (AvgIpc) is 2.37. The van der Waals surface area contributed by atoms with Gasteiger partial charge in [-0.3, -0.25) is 19.7 Å². The zero-order valence-corrected chi connectivity index (χ0v) is 12.0. The van der Waals surface area contributed by atoms with Crippen molar-refractivity contribution in [2.24, 2.45) is 0 Å². The monoisotopic (exact) mass is 294 g/mol. The third kappa shape index (κ3) is 2.67. The lowest BCUT2D eigenvalue weighted by molar-refractivity contribution is -0.138. The summed E-state index contributed by atoms with van der Waals surface area (Å²) >= 11 is 5.87. The molecular weight excluding hydrogens is 280 g/mol. The SMILES string of the molecule is CCC1C(=O)NC(=O)CN1C(=O)c1ccc(Cl)cc1C. The van der Waals surface area contributed by atoms with Gasteiger partial charge < -0.3 is 4.90 Å². The fraction of sp³-hybridized carbons (Fsp3) is 0.357. The van der Waals surface area contributed by atoms with Gasteiger partial charge in [-0.2, -0.15) is 0 Å². The number of imide groups is 1. The molecule has 1 fully saturated rings. The number of halogens is 1. The summed E-state index contributed by atoms with van der Waals surface area (Å²) in [5.41, 5.74) is 1.17. The van der Waals surface area contributed by atoms with E-state index < -0.39 is 17.9 Å². The minimum absolute atomic E-state index is 0.106. The normalized spacial score (nSPS) is 18.9. The molecule has 0 saturated carbocycles. The number of hydrogen-bond donors (Lipinski definition) is 1. The summed E-state index contributed by atoms with van der Waals surface area (Å²) in [7, 11) is 0. The minimum Gasteiger partial charge on any atom is -0.317 e. The number of carbonyl (C=O) groups excluding carboxylic acids is 3. The second-order valence-corrected chi connectivity index (χ2v) is 5.17. The molecule has 1 heterocycles. The first-order chi connectivity index (χ1) is 9.43. The van der Waals surface area contributed by atoms with Gasteiger partial charge in [-0.25, -0.2) is 0 Å². The van der Waals surface area contributed by atoms with Crippen molar-refractivity contribution in [3.63, 3.8) is 0 Å². The molecule has 106 valence electrons. The Morgan fingerprint density at radius 3 is 2.75 bits per heavy atom. The van der Waals surface area contributed by atoms with E-state index in [0.717, 1.165) is 5.56 Å². The van der Waals surface area contributed by atoms with Gasteiger partial charge in [-0.05, 0) is 37.1 Å². The average molecular weight is 295 g/mol. The van der Waals surface area contributed by atoms with E-state index in [2.05, 4.69) is 5.32 Å². The molecule has 1 N–H and O–H groups in total. The molecule has 1 unspecified atom stereocenters. The van der Waals surface area contributed by atoms with Crippen LogP contribution in [0.25, 0.3) is 0 Å². The smallest absolute Gasteiger partial charge is 0.255 e. The number of piperazine rings is 1. The van der Waals surface area contributed by atoms with Crippen LogP contribution in [0.3, 0.4) is 0 Å². The number of nitrogens with zero attached hydrogens (tertiary/aromatic N) is 1. The molecule has 0 spiro atoms. The van der Waals surface area contributed by atoms with Crippen molar-refractivity contribution >= 4 is 29.3 Å². The maximum atomic E-state index is 12.5. The standard InChI is InChI=1S/C14H15ClN2O3/c1-3-11-13(19)16-12(18)7-17(11)14(20)10-5-4-9(15)6-8(10)2/h4-6,11H,3,7H2,1-2H3,(H,16,18,19). The Labute approximate surface area is 121 Å². The van der Waals surface area contributed by atoms with E-state index in [1.807, 2.05) is 0 Å². The lowest BCUT2D eigenvalue weighted by atomic mass is 10.0. The van der Waals surface area contributed by atoms with Gasteiger partial charge in [0, 0.05) is 10.6 Å². The molecule has 1 aliphatic heterocycles. The van der Waals surface area contributed by atoms with E-state index in [1.165, 1.54) is 4.90 Å². The largest absolute Gasteiger partial charge is 0.317 e. The number of benzene rings is 1. The zero-order valence-electron chi connectivity index (χ0n) is 11.3. The highest BCUT2D eigenvalue weighted by Crippen LogP contribution is 2.19. The van der Waals surface area contributed by atoms with E-state index in [0.29, 0.717) is 17.0 Å². The van der Waals surface area contributed by atoms with Crippen molar-refractivity contribution in [1.82, 2.24) is 10.2 Å². The zero-order chi connectivity index (χ0) is 14.9. The first-order valence-corrected chi connectivity index (χ1v) is 6.72. The molecule has 2 rings (SSSR count). The van der Waals surface area contributed by atoms with Crippen LogP contribution in [0.15, 0.2) is 18.2 Å². The van der Waals surface area contributed by atoms with Gasteiger partial charge in [0.1, 0.15) is 12.6 Å². The van der Waals surface area contributed by atoms with Crippen LogP contribution in [0.4, 0.5) is 0 Å². The van der Waals surface area contributed by atoms with Crippen LogP contribution in [0.1, 0.15) is 29.3 Å². The molecule has 1 aromatic rings. The summed E-state index contributed by atoms with van der Waals surface area (Å²) in [5, 5.41) is 2.79. The van der Waals surface area contributed by atoms with Crippen LogP contribution in [-0.2, 0) is 9.59 Å². The van der Waals surface area contributed by atoms with Crippen molar-refractivity contribution < 1.29 is 14.4 Å². The van der Waals surface area contributed by atoms with Crippen LogP contribution in [0.5, 0.6) is 0 Å². The number of aryl methyl sites for hydroxylation is 1. The van der Waals surface area contributed by atoms with Crippen LogP contribution in [-0.4, -0.2) is 35.2 Å². The first kappa shape index (κ1) is 14.5. The molecule has 1 aliphatic rings. The maximum Gasteiger partial charge on any atom is 0.255 e. The minimum atomic E-state index is -0.615. The van der Waals surface area contributed by atoms with E-state index in [1.54, 1.807) is 32.0 Å². The maximum absolute atomic E-state index is 12.5. The molecule has 0 aromatic heterocycles. The Bertz CT molecular complexity index is 586. The number of nitrogens with one attached hydrogen (secondary N) is 1. The van der Waals surface area contributed by atoms with E-state index >= 15 is 0 Å². The van der Waals surface area contributed by atoms with Crippen LogP contribution >= 0.6 is 11.6 Å². The Morgan fingerprint density at radius 2 is 2.15 bits per heavy atom. The summed E-state index contributed by atoms with van der Waals surface area (Å²) in [6.07, 6.45) is 0.456. The van der Waals surface area contributed by atoms with Gasteiger partial charge in [-0.1, -0.05) is 18.5 Å². The van der Waals surface area contributed by atoms with Crippen molar-refractivity contribution in [3.8, 4) is 0 Å². The fourth-order valence-electron chi connectivity index (χ4n) is 2.31. The fourth-order valence-corrected chi connectivity index (χ4v) is 2.53. The summed E-state index contributed by atoms with van der Waals surface area (Å²) in [6.45, 7) is 3.46. The highest BCUT2D eigenvalue weighted by Gasteiger charge is 2.36. The third-order valence-corrected chi connectivity index (χ3v) is 3.56. The van der Waals surface area contributed by atoms with Gasteiger partial charge in [0.2, 0.25) is 11.8 Å². The van der Waals surface area contributed by atoms with Gasteiger partial charge in [0.05, 0.1) is 0 Å². The molecule has 1 saturated heterocycles. The van der Waals surface area contributed by atoms with Crippen molar-refractivity contribution in [1.29, 1.82) is 0 Å². The van der Waals surface area contributed by atoms with Gasteiger partial charge in [0.15, 0.2) is 0 Å². The highest BCUT2D eigenvalue weighted by atomic mass is 35.5. The molecule has 0 aliphatic carbocycles. The second kappa shape index (κ2) is 5.63. The third-order valence-electron chi connectivity index (χ3n) is 3.32. The van der Waals surface area contributed by atoms with Gasteiger partial charge in [-0.15, -0.1) is 0 Å². The van der Waals surface area contributed by atoms with Crippen molar-refractivity contribution in [2.75, 3.05) is 6.54 Å².